The lowest BCUT2D eigenvalue weighted by atomic mass is 9.48. The van der Waals surface area contributed by atoms with Gasteiger partial charge in [-0.05, 0) is 80.9 Å². The Hall–Kier alpha value is -3.22. The molecule has 9 atom stereocenters. The molecule has 0 aromatic rings. The Kier molecular flexibility index (Phi) is 12.7. The van der Waals surface area contributed by atoms with E-state index in [4.69, 9.17) is 33.2 Å². The average Bonchev–Trinajstić information content (AvgIpc) is 3.98. The van der Waals surface area contributed by atoms with Crippen LogP contribution in [-0.2, 0) is 47.5 Å². The summed E-state index contributed by atoms with van der Waals surface area (Å²) in [6.45, 7) is 6.54. The fraction of sp³-hybridized carbons (Fsp3) is 0.780. The zero-order valence-corrected chi connectivity index (χ0v) is 34.2. The van der Waals surface area contributed by atoms with Crippen molar-refractivity contribution >= 4 is 41.5 Å². The van der Waals surface area contributed by atoms with Gasteiger partial charge in [0, 0.05) is 54.7 Å². The van der Waals surface area contributed by atoms with E-state index >= 15 is 0 Å². The number of epoxide rings is 2. The van der Waals surface area contributed by atoms with Crippen molar-refractivity contribution in [3.8, 4) is 0 Å². The normalized spacial score (nSPS) is 34.6. The first-order valence-electron chi connectivity index (χ1n) is 21.3. The number of esters is 1. The third kappa shape index (κ3) is 8.03. The van der Waals surface area contributed by atoms with Crippen LogP contribution in [0.3, 0.4) is 0 Å². The van der Waals surface area contributed by atoms with Gasteiger partial charge in [-0.15, -0.1) is 0 Å². The van der Waals surface area contributed by atoms with E-state index in [1.165, 1.54) is 0 Å². The van der Waals surface area contributed by atoms with Gasteiger partial charge in [0.15, 0.2) is 11.4 Å². The van der Waals surface area contributed by atoms with Gasteiger partial charge in [-0.2, -0.15) is 11.8 Å². The fourth-order valence-corrected chi connectivity index (χ4v) is 12.0. The number of ketones is 1. The van der Waals surface area contributed by atoms with Crippen molar-refractivity contribution in [3.63, 3.8) is 0 Å². The van der Waals surface area contributed by atoms with Crippen LogP contribution in [0.2, 0.25) is 0 Å². The first-order valence-corrected chi connectivity index (χ1v) is 22.3. The summed E-state index contributed by atoms with van der Waals surface area (Å²) >= 11 is 1.90. The highest BCUT2D eigenvalue weighted by Gasteiger charge is 2.92. The van der Waals surface area contributed by atoms with Crippen molar-refractivity contribution in [1.29, 1.82) is 0 Å². The molecule has 1 saturated carbocycles. The maximum Gasteiger partial charge on any atom is 0.407 e. The summed E-state index contributed by atoms with van der Waals surface area (Å²) in [4.78, 5) is 62.0. The van der Waals surface area contributed by atoms with Crippen molar-refractivity contribution in [1.82, 2.24) is 21.3 Å². The van der Waals surface area contributed by atoms with Gasteiger partial charge in [-0.1, -0.05) is 13.3 Å². The Labute approximate surface area is 343 Å². The van der Waals surface area contributed by atoms with Crippen LogP contribution < -0.4 is 21.3 Å². The van der Waals surface area contributed by atoms with E-state index in [2.05, 4.69) is 28.2 Å². The fourth-order valence-electron chi connectivity index (χ4n) is 10.5. The molecule has 4 amide bonds. The third-order valence-electron chi connectivity index (χ3n) is 13.5. The SMILES string of the molecule is C[C@]12CCC3=C(COC3=O)C1C[C@@H]1O[C@@]13C(=O)C(CCCOC(=O)NCCCOCCOCCOCCCNC(=O)CCCC[C@@H]1SC[C@@H]4NC(=O)N[C@@H]41)=C[C@@H]1O[C@]123. The maximum atomic E-state index is 13.9. The quantitative estimate of drug-likeness (QED) is 0.0507. The zero-order valence-electron chi connectivity index (χ0n) is 33.4. The lowest BCUT2D eigenvalue weighted by molar-refractivity contribution is -0.136. The zero-order chi connectivity index (χ0) is 40.3. The van der Waals surface area contributed by atoms with Crippen molar-refractivity contribution < 1.29 is 57.1 Å². The molecule has 0 aromatic carbocycles. The van der Waals surface area contributed by atoms with Crippen LogP contribution in [0.1, 0.15) is 77.6 Å². The molecular weight excluding hydrogens is 773 g/mol. The Bertz CT molecular complexity index is 1680. The summed E-state index contributed by atoms with van der Waals surface area (Å²) in [5.74, 6) is 0.915. The molecule has 17 heteroatoms. The third-order valence-corrected chi connectivity index (χ3v) is 15.0. The number of amides is 4. The topological polar surface area (TPSA) is 205 Å². The van der Waals surface area contributed by atoms with Crippen LogP contribution in [-0.4, -0.2) is 142 Å². The molecule has 2 spiro atoms. The van der Waals surface area contributed by atoms with Crippen LogP contribution in [0.15, 0.2) is 22.8 Å². The number of Topliss-reactive ketones (excluding diaryl/α,β-unsaturated/α-hetero) is 1. The molecule has 8 aliphatic rings. The van der Waals surface area contributed by atoms with Gasteiger partial charge in [0.2, 0.25) is 5.91 Å². The van der Waals surface area contributed by atoms with Gasteiger partial charge in [0.05, 0.1) is 51.2 Å². The van der Waals surface area contributed by atoms with E-state index in [0.717, 1.165) is 49.0 Å². The van der Waals surface area contributed by atoms with Crippen LogP contribution in [0.5, 0.6) is 0 Å². The minimum Gasteiger partial charge on any atom is -0.458 e. The van der Waals surface area contributed by atoms with Gasteiger partial charge in [-0.3, -0.25) is 9.59 Å². The van der Waals surface area contributed by atoms with E-state index in [9.17, 15) is 24.0 Å². The van der Waals surface area contributed by atoms with E-state index in [1.807, 2.05) is 17.8 Å². The molecule has 58 heavy (non-hydrogen) atoms. The predicted molar refractivity (Wildman–Crippen MR) is 209 cm³/mol. The molecule has 4 N–H and O–H groups in total. The number of unbranched alkanes of at least 4 members (excludes halogenated alkanes) is 1. The van der Waals surface area contributed by atoms with E-state index in [-0.39, 0.29) is 65.9 Å². The summed E-state index contributed by atoms with van der Waals surface area (Å²) in [5.41, 5.74) is 0.614. The number of fused-ring (bicyclic) bond motifs is 3. The number of thioether (sulfide) groups is 1. The molecule has 16 nitrogen and oxygen atoms in total. The van der Waals surface area contributed by atoms with Gasteiger partial charge < -0.3 is 54.4 Å². The number of carbonyl (C=O) groups is 5. The second kappa shape index (κ2) is 17.8. The second-order valence-electron chi connectivity index (χ2n) is 16.9. The van der Waals surface area contributed by atoms with Crippen LogP contribution in [0.25, 0.3) is 0 Å². The minimum absolute atomic E-state index is 0.00156. The number of ether oxygens (including phenoxy) is 7. The highest BCUT2D eigenvalue weighted by molar-refractivity contribution is 8.00. The molecule has 5 fully saturated rings. The van der Waals surface area contributed by atoms with Gasteiger partial charge in [-0.25, -0.2) is 14.4 Å². The molecule has 3 aliphatic carbocycles. The summed E-state index contributed by atoms with van der Waals surface area (Å²) in [7, 11) is 0. The Morgan fingerprint density at radius 3 is 2.47 bits per heavy atom. The minimum atomic E-state index is -0.949. The molecule has 1 unspecified atom stereocenters. The monoisotopic (exact) mass is 830 g/mol. The number of rotatable bonds is 23. The molecule has 0 bridgehead atoms. The smallest absolute Gasteiger partial charge is 0.407 e. The number of alkyl carbamates (subject to hydrolysis) is 1. The van der Waals surface area contributed by atoms with Crippen molar-refractivity contribution in [2.45, 2.75) is 118 Å². The standard InChI is InChI=1S/C41H58N4O12S/c1-39-11-10-26-27(23-55-36(26)48)28(39)22-31-40(56-31)35(47)25(21-32-41(39,40)57-32)7-4-16-54-38(50)43-13-6-15-52-18-20-53-19-17-51-14-5-12-42-33(46)9-3-2-8-30-34-29(24-58-30)44-37(49)45-34/h21,28-32,34H,2-20,22-24H2,1H3,(H,42,46)(H,43,50)(H2,44,45,49)/t28?,29-,30-,31-,32-,34-,39-,40+,41+/m0/s1. The highest BCUT2D eigenvalue weighted by atomic mass is 32.2. The van der Waals surface area contributed by atoms with Gasteiger partial charge in [0.1, 0.15) is 18.3 Å². The summed E-state index contributed by atoms with van der Waals surface area (Å²) in [6, 6.07) is 0.388. The molecule has 0 aromatic heterocycles. The molecule has 320 valence electrons. The first-order chi connectivity index (χ1) is 28.2. The number of nitrogens with one attached hydrogen (secondary N) is 4. The predicted octanol–water partition coefficient (Wildman–Crippen LogP) is 2.62. The lowest BCUT2D eigenvalue weighted by Crippen LogP contribution is -2.63. The molecule has 0 radical (unpaired) electrons. The number of cyclic esters (lactones) is 1. The Morgan fingerprint density at radius 1 is 0.914 bits per heavy atom. The number of urea groups is 1. The molecule has 5 aliphatic heterocycles. The van der Waals surface area contributed by atoms with Crippen molar-refractivity contribution in [2.75, 3.05) is 71.7 Å². The average molecular weight is 831 g/mol. The summed E-state index contributed by atoms with van der Waals surface area (Å²) in [6.07, 6.45) is 8.82. The van der Waals surface area contributed by atoms with E-state index < -0.39 is 17.3 Å². The summed E-state index contributed by atoms with van der Waals surface area (Å²) < 4.78 is 40.2. The molecule has 5 heterocycles. The van der Waals surface area contributed by atoms with Crippen LogP contribution >= 0.6 is 11.8 Å². The molecule has 8 rings (SSSR count). The lowest BCUT2D eigenvalue weighted by Gasteiger charge is -2.51. The first kappa shape index (κ1) is 41.5. The maximum absolute atomic E-state index is 13.9. The van der Waals surface area contributed by atoms with Crippen LogP contribution in [0, 0.1) is 11.3 Å². The van der Waals surface area contributed by atoms with Gasteiger partial charge in [0.25, 0.3) is 0 Å². The number of hydrogen-bond donors (Lipinski definition) is 4. The van der Waals surface area contributed by atoms with Crippen molar-refractivity contribution in [2.24, 2.45) is 11.3 Å². The number of carbonyl (C=O) groups excluding carboxylic acids is 5. The number of hydrogen-bond acceptors (Lipinski definition) is 13. The Morgan fingerprint density at radius 2 is 1.67 bits per heavy atom. The highest BCUT2D eigenvalue weighted by Crippen LogP contribution is 2.77. The molecule has 4 saturated heterocycles. The van der Waals surface area contributed by atoms with E-state index in [0.29, 0.717) is 109 Å². The second-order valence-corrected chi connectivity index (χ2v) is 18.1. The largest absolute Gasteiger partial charge is 0.458 e. The van der Waals surface area contributed by atoms with Crippen LogP contribution in [0.4, 0.5) is 9.59 Å². The summed E-state index contributed by atoms with van der Waals surface area (Å²) in [5, 5.41) is 12.1. The Balaban J connectivity index is 0.589. The molecular formula is C41H58N4O12S. The van der Waals surface area contributed by atoms with Crippen molar-refractivity contribution in [3.05, 3.63) is 22.8 Å². The van der Waals surface area contributed by atoms with Gasteiger partial charge >= 0.3 is 18.1 Å². The van der Waals surface area contributed by atoms with E-state index in [1.54, 1.807) is 0 Å².